The quantitative estimate of drug-likeness (QED) is 0.866. The smallest absolute Gasteiger partial charge is 0.225 e. The predicted octanol–water partition coefficient (Wildman–Crippen LogP) is 1.64. The van der Waals surface area contributed by atoms with E-state index in [1.165, 1.54) is 12.1 Å². The van der Waals surface area contributed by atoms with Crippen molar-refractivity contribution in [3.8, 4) is 0 Å². The fourth-order valence-electron chi connectivity index (χ4n) is 2.70. The summed E-state index contributed by atoms with van der Waals surface area (Å²) in [7, 11) is 1.58. The van der Waals surface area contributed by atoms with Gasteiger partial charge in [-0.25, -0.2) is 4.39 Å². The lowest BCUT2D eigenvalue weighted by molar-refractivity contribution is -0.138. The molecule has 2 rings (SSSR count). The van der Waals surface area contributed by atoms with E-state index >= 15 is 0 Å². The van der Waals surface area contributed by atoms with Gasteiger partial charge in [-0.3, -0.25) is 9.59 Å². The molecule has 6 heteroatoms. The molecule has 1 N–H and O–H groups in total. The van der Waals surface area contributed by atoms with Gasteiger partial charge in [0, 0.05) is 33.2 Å². The summed E-state index contributed by atoms with van der Waals surface area (Å²) in [6, 6.07) is 4.54. The largest absolute Gasteiger partial charge is 0.383 e. The minimum Gasteiger partial charge on any atom is -0.383 e. The molecule has 23 heavy (non-hydrogen) atoms. The Hall–Kier alpha value is -1.95. The zero-order chi connectivity index (χ0) is 16.8. The summed E-state index contributed by atoms with van der Waals surface area (Å²) >= 11 is 0. The summed E-state index contributed by atoms with van der Waals surface area (Å²) in [6.45, 7) is 3.55. The van der Waals surface area contributed by atoms with Crippen LogP contribution in [0.3, 0.4) is 0 Å². The van der Waals surface area contributed by atoms with E-state index in [0.717, 1.165) is 11.1 Å². The van der Waals surface area contributed by atoms with Crippen molar-refractivity contribution in [1.82, 2.24) is 10.2 Å². The van der Waals surface area contributed by atoms with E-state index in [4.69, 9.17) is 4.74 Å². The van der Waals surface area contributed by atoms with Gasteiger partial charge in [0.25, 0.3) is 0 Å². The number of ether oxygens (including phenoxy) is 1. The van der Waals surface area contributed by atoms with Gasteiger partial charge in [-0.1, -0.05) is 6.07 Å². The number of rotatable bonds is 6. The lowest BCUT2D eigenvalue weighted by Crippen LogP contribution is -2.46. The first-order chi connectivity index (χ1) is 11.0. The Bertz CT molecular complexity index is 577. The first kappa shape index (κ1) is 17.4. The monoisotopic (exact) mass is 322 g/mol. The third-order valence-corrected chi connectivity index (χ3v) is 4.20. The first-order valence-corrected chi connectivity index (χ1v) is 7.80. The number of benzene rings is 1. The molecule has 0 saturated carbocycles. The Labute approximate surface area is 135 Å². The van der Waals surface area contributed by atoms with Crippen LogP contribution in [-0.2, 0) is 20.9 Å². The van der Waals surface area contributed by atoms with Crippen LogP contribution in [0.15, 0.2) is 18.2 Å². The van der Waals surface area contributed by atoms with Crippen molar-refractivity contribution in [2.24, 2.45) is 5.92 Å². The van der Waals surface area contributed by atoms with Crippen molar-refractivity contribution in [2.75, 3.05) is 26.8 Å². The van der Waals surface area contributed by atoms with Gasteiger partial charge < -0.3 is 15.0 Å². The summed E-state index contributed by atoms with van der Waals surface area (Å²) in [5, 5.41) is 2.85. The Morgan fingerprint density at radius 2 is 2.26 bits per heavy atom. The molecule has 0 spiro atoms. The number of piperidine rings is 1. The molecule has 1 aliphatic rings. The normalized spacial score (nSPS) is 18.1. The lowest BCUT2D eigenvalue weighted by Gasteiger charge is -2.31. The molecule has 126 valence electrons. The van der Waals surface area contributed by atoms with Crippen LogP contribution in [-0.4, -0.2) is 43.5 Å². The van der Waals surface area contributed by atoms with E-state index in [-0.39, 0.29) is 23.5 Å². The van der Waals surface area contributed by atoms with Crippen LogP contribution in [0.2, 0.25) is 0 Å². The van der Waals surface area contributed by atoms with Gasteiger partial charge in [0.05, 0.1) is 12.5 Å². The van der Waals surface area contributed by atoms with Crippen molar-refractivity contribution < 1.29 is 18.7 Å². The van der Waals surface area contributed by atoms with Crippen molar-refractivity contribution in [3.05, 3.63) is 35.1 Å². The summed E-state index contributed by atoms with van der Waals surface area (Å²) in [4.78, 5) is 25.8. The number of nitrogens with one attached hydrogen (secondary N) is 1. The Balaban J connectivity index is 1.90. The molecule has 1 aliphatic heterocycles. The average Bonchev–Trinajstić information content (AvgIpc) is 2.54. The maximum Gasteiger partial charge on any atom is 0.225 e. The second-order valence-electron chi connectivity index (χ2n) is 5.86. The fourth-order valence-corrected chi connectivity index (χ4v) is 2.70. The highest BCUT2D eigenvalue weighted by Crippen LogP contribution is 2.18. The predicted molar refractivity (Wildman–Crippen MR) is 84.2 cm³/mol. The molecule has 0 bridgehead atoms. The highest BCUT2D eigenvalue weighted by Gasteiger charge is 2.29. The standard InChI is InChI=1S/C17H23FN2O3/c1-12-3-5-15(18)9-14(12)10-19-17(22)13-4-6-16(21)20(11-13)7-8-23-2/h3,5,9,13H,4,6-8,10-11H2,1-2H3,(H,19,22). The highest BCUT2D eigenvalue weighted by atomic mass is 19.1. The van der Waals surface area contributed by atoms with E-state index < -0.39 is 0 Å². The number of likely N-dealkylation sites (tertiary alicyclic amines) is 1. The minimum atomic E-state index is -0.311. The van der Waals surface area contributed by atoms with E-state index in [9.17, 15) is 14.0 Å². The summed E-state index contributed by atoms with van der Waals surface area (Å²) in [6.07, 6.45) is 0.928. The second-order valence-corrected chi connectivity index (χ2v) is 5.86. The van der Waals surface area contributed by atoms with Crippen molar-refractivity contribution in [3.63, 3.8) is 0 Å². The molecule has 1 saturated heterocycles. The fraction of sp³-hybridized carbons (Fsp3) is 0.529. The van der Waals surface area contributed by atoms with Crippen LogP contribution in [0.1, 0.15) is 24.0 Å². The van der Waals surface area contributed by atoms with Crippen LogP contribution >= 0.6 is 0 Å². The van der Waals surface area contributed by atoms with Gasteiger partial charge in [-0.2, -0.15) is 0 Å². The molecule has 1 fully saturated rings. The Kier molecular flexibility index (Phi) is 6.10. The van der Waals surface area contributed by atoms with Crippen LogP contribution in [0.4, 0.5) is 4.39 Å². The van der Waals surface area contributed by atoms with Crippen molar-refractivity contribution in [1.29, 1.82) is 0 Å². The number of methoxy groups -OCH3 is 1. The highest BCUT2D eigenvalue weighted by molar-refractivity contribution is 5.83. The molecule has 1 heterocycles. The number of hydrogen-bond donors (Lipinski definition) is 1. The van der Waals surface area contributed by atoms with Crippen molar-refractivity contribution in [2.45, 2.75) is 26.3 Å². The third kappa shape index (κ3) is 4.76. The molecular weight excluding hydrogens is 299 g/mol. The van der Waals surface area contributed by atoms with Crippen LogP contribution in [0.25, 0.3) is 0 Å². The molecule has 0 aromatic heterocycles. The third-order valence-electron chi connectivity index (χ3n) is 4.20. The Morgan fingerprint density at radius 1 is 1.48 bits per heavy atom. The van der Waals surface area contributed by atoms with Gasteiger partial charge in [0.15, 0.2) is 0 Å². The molecule has 5 nitrogen and oxygen atoms in total. The van der Waals surface area contributed by atoms with E-state index in [0.29, 0.717) is 39.1 Å². The number of carbonyl (C=O) groups is 2. The van der Waals surface area contributed by atoms with Gasteiger partial charge in [0.2, 0.25) is 11.8 Å². The zero-order valence-corrected chi connectivity index (χ0v) is 13.6. The van der Waals surface area contributed by atoms with Crippen LogP contribution < -0.4 is 5.32 Å². The van der Waals surface area contributed by atoms with E-state index in [1.54, 1.807) is 18.1 Å². The molecule has 2 amide bonds. The molecule has 1 aromatic rings. The maximum absolute atomic E-state index is 13.3. The van der Waals surface area contributed by atoms with E-state index in [1.807, 2.05) is 6.92 Å². The molecule has 1 atom stereocenters. The van der Waals surface area contributed by atoms with Crippen molar-refractivity contribution >= 4 is 11.8 Å². The summed E-state index contributed by atoms with van der Waals surface area (Å²) < 4.78 is 18.3. The number of aryl methyl sites for hydroxylation is 1. The maximum atomic E-state index is 13.3. The van der Waals surface area contributed by atoms with Crippen LogP contribution in [0, 0.1) is 18.7 Å². The molecule has 1 unspecified atom stereocenters. The Morgan fingerprint density at radius 3 is 3.00 bits per heavy atom. The minimum absolute atomic E-state index is 0.0621. The van der Waals surface area contributed by atoms with Gasteiger partial charge in [-0.05, 0) is 36.6 Å². The lowest BCUT2D eigenvalue weighted by atomic mass is 9.96. The SMILES string of the molecule is COCCN1CC(C(=O)NCc2cc(F)ccc2C)CCC1=O. The molecular formula is C17H23FN2O3. The number of carbonyl (C=O) groups excluding carboxylic acids is 2. The molecule has 0 radical (unpaired) electrons. The number of nitrogens with zero attached hydrogens (tertiary/aromatic N) is 1. The average molecular weight is 322 g/mol. The van der Waals surface area contributed by atoms with Gasteiger partial charge >= 0.3 is 0 Å². The summed E-state index contributed by atoms with van der Waals surface area (Å²) in [5.74, 6) is -0.567. The van der Waals surface area contributed by atoms with Crippen LogP contribution in [0.5, 0.6) is 0 Å². The number of halogens is 1. The van der Waals surface area contributed by atoms with Gasteiger partial charge in [-0.15, -0.1) is 0 Å². The zero-order valence-electron chi connectivity index (χ0n) is 13.6. The summed E-state index contributed by atoms with van der Waals surface area (Å²) in [5.41, 5.74) is 1.70. The molecule has 0 aliphatic carbocycles. The number of hydrogen-bond acceptors (Lipinski definition) is 3. The van der Waals surface area contributed by atoms with E-state index in [2.05, 4.69) is 5.32 Å². The second kappa shape index (κ2) is 8.06. The number of amides is 2. The first-order valence-electron chi connectivity index (χ1n) is 7.80. The molecule has 1 aromatic carbocycles. The topological polar surface area (TPSA) is 58.6 Å². The van der Waals surface area contributed by atoms with Gasteiger partial charge in [0.1, 0.15) is 5.82 Å².